The van der Waals surface area contributed by atoms with Crippen molar-refractivity contribution in [3.05, 3.63) is 23.8 Å². The zero-order chi connectivity index (χ0) is 13.7. The fraction of sp³-hybridized carbons (Fsp3) is 0.600. The van der Waals surface area contributed by atoms with Crippen molar-refractivity contribution >= 4 is 0 Å². The first-order chi connectivity index (χ1) is 9.16. The fourth-order valence-corrected chi connectivity index (χ4v) is 2.08. The van der Waals surface area contributed by atoms with Crippen molar-refractivity contribution in [3.8, 4) is 11.5 Å². The highest BCUT2D eigenvalue weighted by Crippen LogP contribution is 2.32. The molecular formula is C15H23NO3. The summed E-state index contributed by atoms with van der Waals surface area (Å²) >= 11 is 0. The van der Waals surface area contributed by atoms with Gasteiger partial charge in [-0.2, -0.15) is 0 Å². The Hall–Kier alpha value is -1.26. The van der Waals surface area contributed by atoms with Crippen LogP contribution in [0.5, 0.6) is 11.5 Å². The van der Waals surface area contributed by atoms with Crippen LogP contribution in [0.15, 0.2) is 18.2 Å². The average Bonchev–Trinajstić information content (AvgIpc) is 2.62. The van der Waals surface area contributed by atoms with E-state index in [0.29, 0.717) is 13.2 Å². The Labute approximate surface area is 114 Å². The summed E-state index contributed by atoms with van der Waals surface area (Å²) in [6.07, 6.45) is 1.42. The molecule has 0 aromatic heterocycles. The van der Waals surface area contributed by atoms with Crippen LogP contribution >= 0.6 is 0 Å². The summed E-state index contributed by atoms with van der Waals surface area (Å²) in [7, 11) is 0. The van der Waals surface area contributed by atoms with Crippen LogP contribution in [0.1, 0.15) is 38.3 Å². The standard InChI is InChI=1S/C15H23NO3/c1-11(17)6-7-16-12(2)13-4-5-14-15(10-13)19-9-3-8-18-14/h4-5,10-12,16-17H,3,6-9H2,1-2H3. The summed E-state index contributed by atoms with van der Waals surface area (Å²) < 4.78 is 11.3. The molecule has 106 valence electrons. The first kappa shape index (κ1) is 14.2. The molecule has 0 saturated carbocycles. The Morgan fingerprint density at radius 2 is 1.95 bits per heavy atom. The van der Waals surface area contributed by atoms with Crippen molar-refractivity contribution in [2.24, 2.45) is 0 Å². The highest BCUT2D eigenvalue weighted by atomic mass is 16.5. The van der Waals surface area contributed by atoms with Crippen LogP contribution in [0, 0.1) is 0 Å². The lowest BCUT2D eigenvalue weighted by atomic mass is 10.1. The molecule has 1 aromatic rings. The Morgan fingerprint density at radius 3 is 2.68 bits per heavy atom. The zero-order valence-corrected chi connectivity index (χ0v) is 11.7. The third kappa shape index (κ3) is 4.11. The van der Waals surface area contributed by atoms with E-state index in [-0.39, 0.29) is 12.1 Å². The van der Waals surface area contributed by atoms with Crippen molar-refractivity contribution in [1.82, 2.24) is 5.32 Å². The highest BCUT2D eigenvalue weighted by Gasteiger charge is 2.13. The third-order valence-electron chi connectivity index (χ3n) is 3.28. The van der Waals surface area contributed by atoms with Gasteiger partial charge in [0.2, 0.25) is 0 Å². The van der Waals surface area contributed by atoms with Crippen molar-refractivity contribution < 1.29 is 14.6 Å². The molecule has 1 heterocycles. The van der Waals surface area contributed by atoms with Gasteiger partial charge in [0.1, 0.15) is 0 Å². The van der Waals surface area contributed by atoms with Crippen LogP contribution in [-0.2, 0) is 0 Å². The second-order valence-corrected chi connectivity index (χ2v) is 5.07. The van der Waals surface area contributed by atoms with Gasteiger partial charge in [-0.15, -0.1) is 0 Å². The van der Waals surface area contributed by atoms with E-state index in [0.717, 1.165) is 30.9 Å². The SMILES string of the molecule is CC(O)CCNC(C)c1ccc2c(c1)OCCCO2. The molecule has 0 fully saturated rings. The monoisotopic (exact) mass is 265 g/mol. The number of benzene rings is 1. The predicted octanol–water partition coefficient (Wildman–Crippen LogP) is 2.27. The van der Waals surface area contributed by atoms with Gasteiger partial charge in [-0.05, 0) is 44.5 Å². The van der Waals surface area contributed by atoms with E-state index in [9.17, 15) is 5.11 Å². The Kier molecular flexibility index (Phi) is 5.05. The molecule has 1 aliphatic rings. The topological polar surface area (TPSA) is 50.7 Å². The van der Waals surface area contributed by atoms with E-state index in [1.54, 1.807) is 6.92 Å². The normalized spacial score (nSPS) is 17.6. The molecule has 2 atom stereocenters. The molecule has 0 radical (unpaired) electrons. The lowest BCUT2D eigenvalue weighted by Crippen LogP contribution is -2.22. The summed E-state index contributed by atoms with van der Waals surface area (Å²) in [6.45, 7) is 6.14. The van der Waals surface area contributed by atoms with Gasteiger partial charge in [0.15, 0.2) is 11.5 Å². The van der Waals surface area contributed by atoms with Gasteiger partial charge in [0.25, 0.3) is 0 Å². The lowest BCUT2D eigenvalue weighted by Gasteiger charge is -2.17. The van der Waals surface area contributed by atoms with Crippen LogP contribution in [-0.4, -0.2) is 31.0 Å². The van der Waals surface area contributed by atoms with Crippen molar-refractivity contribution in [2.75, 3.05) is 19.8 Å². The van der Waals surface area contributed by atoms with Gasteiger partial charge >= 0.3 is 0 Å². The van der Waals surface area contributed by atoms with Crippen LogP contribution < -0.4 is 14.8 Å². The summed E-state index contributed by atoms with van der Waals surface area (Å²) in [5, 5.41) is 12.6. The maximum absolute atomic E-state index is 9.25. The summed E-state index contributed by atoms with van der Waals surface area (Å²) in [4.78, 5) is 0. The van der Waals surface area contributed by atoms with Crippen molar-refractivity contribution in [2.45, 2.75) is 38.8 Å². The number of nitrogens with one attached hydrogen (secondary N) is 1. The number of fused-ring (bicyclic) bond motifs is 1. The molecule has 2 N–H and O–H groups in total. The molecular weight excluding hydrogens is 242 g/mol. The second-order valence-electron chi connectivity index (χ2n) is 5.07. The molecule has 0 bridgehead atoms. The molecule has 1 aliphatic heterocycles. The van der Waals surface area contributed by atoms with E-state index < -0.39 is 0 Å². The minimum absolute atomic E-state index is 0.232. The van der Waals surface area contributed by atoms with Gasteiger partial charge in [0, 0.05) is 12.5 Å². The second kappa shape index (κ2) is 6.78. The summed E-state index contributed by atoms with van der Waals surface area (Å²) in [5.41, 5.74) is 1.18. The number of aliphatic hydroxyl groups excluding tert-OH is 1. The molecule has 1 aromatic carbocycles. The summed E-state index contributed by atoms with van der Waals surface area (Å²) in [6, 6.07) is 6.31. The molecule has 2 rings (SSSR count). The highest BCUT2D eigenvalue weighted by molar-refractivity contribution is 5.44. The maximum atomic E-state index is 9.25. The van der Waals surface area contributed by atoms with Crippen LogP contribution in [0.4, 0.5) is 0 Å². The van der Waals surface area contributed by atoms with Gasteiger partial charge in [0.05, 0.1) is 19.3 Å². The van der Waals surface area contributed by atoms with Crippen molar-refractivity contribution in [1.29, 1.82) is 0 Å². The number of ether oxygens (including phenoxy) is 2. The molecule has 0 saturated heterocycles. The first-order valence-electron chi connectivity index (χ1n) is 6.98. The number of hydrogen-bond donors (Lipinski definition) is 2. The van der Waals surface area contributed by atoms with Gasteiger partial charge in [-0.3, -0.25) is 0 Å². The van der Waals surface area contributed by atoms with Gasteiger partial charge in [-0.25, -0.2) is 0 Å². The molecule has 19 heavy (non-hydrogen) atoms. The lowest BCUT2D eigenvalue weighted by molar-refractivity contribution is 0.182. The van der Waals surface area contributed by atoms with E-state index in [1.807, 2.05) is 12.1 Å². The first-order valence-corrected chi connectivity index (χ1v) is 6.98. The van der Waals surface area contributed by atoms with E-state index in [1.165, 1.54) is 5.56 Å². The average molecular weight is 265 g/mol. The maximum Gasteiger partial charge on any atom is 0.161 e. The Morgan fingerprint density at radius 1 is 1.21 bits per heavy atom. The summed E-state index contributed by atoms with van der Waals surface area (Å²) in [5.74, 6) is 1.66. The minimum Gasteiger partial charge on any atom is -0.490 e. The minimum atomic E-state index is -0.261. The van der Waals surface area contributed by atoms with Crippen molar-refractivity contribution in [3.63, 3.8) is 0 Å². The molecule has 2 unspecified atom stereocenters. The molecule has 0 aliphatic carbocycles. The van der Waals surface area contributed by atoms with Gasteiger partial charge < -0.3 is 19.9 Å². The van der Waals surface area contributed by atoms with E-state index in [4.69, 9.17) is 9.47 Å². The Bertz CT molecular complexity index is 406. The number of rotatable bonds is 5. The van der Waals surface area contributed by atoms with Crippen LogP contribution in [0.3, 0.4) is 0 Å². The van der Waals surface area contributed by atoms with E-state index in [2.05, 4.69) is 18.3 Å². The largest absolute Gasteiger partial charge is 0.490 e. The van der Waals surface area contributed by atoms with Crippen LogP contribution in [0.25, 0.3) is 0 Å². The predicted molar refractivity (Wildman–Crippen MR) is 74.8 cm³/mol. The molecule has 4 heteroatoms. The molecule has 0 spiro atoms. The Balaban J connectivity index is 1.98. The number of hydrogen-bond acceptors (Lipinski definition) is 4. The van der Waals surface area contributed by atoms with E-state index >= 15 is 0 Å². The molecule has 4 nitrogen and oxygen atoms in total. The fourth-order valence-electron chi connectivity index (χ4n) is 2.08. The van der Waals surface area contributed by atoms with Crippen LogP contribution in [0.2, 0.25) is 0 Å². The van der Waals surface area contributed by atoms with Gasteiger partial charge in [-0.1, -0.05) is 6.07 Å². The molecule has 0 amide bonds. The zero-order valence-electron chi connectivity index (χ0n) is 11.7. The smallest absolute Gasteiger partial charge is 0.161 e. The third-order valence-corrected chi connectivity index (χ3v) is 3.28. The number of aliphatic hydroxyl groups is 1. The quantitative estimate of drug-likeness (QED) is 0.857.